The van der Waals surface area contributed by atoms with Gasteiger partial charge in [-0.05, 0) is 29.1 Å². The topological polar surface area (TPSA) is 43.1 Å². The van der Waals surface area contributed by atoms with Gasteiger partial charge in [0.25, 0.3) is 0 Å². The molecule has 4 nitrogen and oxygen atoms in total. The first-order valence-electron chi connectivity index (χ1n) is 6.69. The van der Waals surface area contributed by atoms with Gasteiger partial charge in [0.1, 0.15) is 5.69 Å². The third-order valence-corrected chi connectivity index (χ3v) is 4.20. The summed E-state index contributed by atoms with van der Waals surface area (Å²) in [6, 6.07) is 18.3. The van der Waals surface area contributed by atoms with E-state index in [-0.39, 0.29) is 0 Å². The van der Waals surface area contributed by atoms with E-state index in [1.54, 1.807) is 11.3 Å². The molecule has 0 aliphatic rings. The maximum atomic E-state index is 4.68. The normalized spacial score (nSPS) is 11.0. The van der Waals surface area contributed by atoms with Crippen LogP contribution in [0.25, 0.3) is 16.2 Å². The zero-order valence-electron chi connectivity index (χ0n) is 11.2. The molecule has 0 bridgehead atoms. The zero-order valence-corrected chi connectivity index (χ0v) is 12.0. The van der Waals surface area contributed by atoms with Crippen LogP contribution in [0.2, 0.25) is 0 Å². The van der Waals surface area contributed by atoms with Crippen molar-refractivity contribution in [2.75, 3.05) is 0 Å². The van der Waals surface area contributed by atoms with Crippen LogP contribution in [0.3, 0.4) is 0 Å². The van der Waals surface area contributed by atoms with E-state index < -0.39 is 0 Å². The van der Waals surface area contributed by atoms with Crippen molar-refractivity contribution in [2.24, 2.45) is 0 Å². The van der Waals surface area contributed by atoms with E-state index in [0.29, 0.717) is 0 Å². The van der Waals surface area contributed by atoms with E-state index in [4.69, 9.17) is 0 Å². The van der Waals surface area contributed by atoms with Gasteiger partial charge in [0.15, 0.2) is 11.5 Å². The van der Waals surface area contributed by atoms with Crippen LogP contribution in [-0.2, 0) is 6.42 Å². The highest BCUT2D eigenvalue weighted by Gasteiger charge is 2.09. The molecule has 0 atom stereocenters. The molecule has 0 N–H and O–H groups in total. The van der Waals surface area contributed by atoms with E-state index in [1.807, 2.05) is 40.9 Å². The van der Waals surface area contributed by atoms with E-state index in [0.717, 1.165) is 28.5 Å². The quantitative estimate of drug-likeness (QED) is 0.581. The van der Waals surface area contributed by atoms with Gasteiger partial charge in [-0.2, -0.15) is 9.61 Å². The number of hydrogen-bond acceptors (Lipinski definition) is 4. The fourth-order valence-corrected chi connectivity index (χ4v) is 2.97. The van der Waals surface area contributed by atoms with Crippen LogP contribution in [0, 0.1) is 0 Å². The van der Waals surface area contributed by atoms with Crippen molar-refractivity contribution in [3.8, 4) is 10.6 Å². The Morgan fingerprint density at radius 1 is 0.905 bits per heavy atom. The summed E-state index contributed by atoms with van der Waals surface area (Å²) in [7, 11) is 0. The molecule has 1 aromatic carbocycles. The third kappa shape index (κ3) is 2.32. The smallest absolute Gasteiger partial charge is 0.177 e. The highest BCUT2D eigenvalue weighted by atomic mass is 32.1. The monoisotopic (exact) mass is 292 g/mol. The van der Waals surface area contributed by atoms with Gasteiger partial charge in [0.2, 0.25) is 0 Å². The molecule has 5 heteroatoms. The maximum absolute atomic E-state index is 4.68. The first kappa shape index (κ1) is 12.2. The second-order valence-corrected chi connectivity index (χ2v) is 5.69. The number of nitrogens with zero attached hydrogens (tertiary/aromatic N) is 4. The molecule has 4 rings (SSSR count). The van der Waals surface area contributed by atoms with Gasteiger partial charge in [-0.25, -0.2) is 0 Å². The minimum Gasteiger partial charge on any atom is -0.196 e. The van der Waals surface area contributed by atoms with Crippen molar-refractivity contribution < 1.29 is 0 Å². The Morgan fingerprint density at radius 3 is 2.62 bits per heavy atom. The molecule has 0 fully saturated rings. The number of rotatable bonds is 3. The first-order valence-corrected chi connectivity index (χ1v) is 7.57. The van der Waals surface area contributed by atoms with E-state index in [9.17, 15) is 0 Å². The minimum atomic E-state index is 0.725. The molecule has 0 radical (unpaired) electrons. The number of hydrogen-bond donors (Lipinski definition) is 0. The largest absolute Gasteiger partial charge is 0.196 e. The summed E-state index contributed by atoms with van der Waals surface area (Å²) in [6.07, 6.45) is 0.725. The molecule has 0 saturated heterocycles. The van der Waals surface area contributed by atoms with Crippen molar-refractivity contribution in [1.82, 2.24) is 19.8 Å². The molecule has 0 aliphatic heterocycles. The summed E-state index contributed by atoms with van der Waals surface area (Å²) in [5.74, 6) is 0.856. The van der Waals surface area contributed by atoms with E-state index >= 15 is 0 Å². The fraction of sp³-hybridized carbons (Fsp3) is 0.0625. The molecule has 3 heterocycles. The lowest BCUT2D eigenvalue weighted by Crippen LogP contribution is -2.01. The Kier molecular flexibility index (Phi) is 2.97. The Bertz CT molecular complexity index is 866. The number of thiophene rings is 1. The van der Waals surface area contributed by atoms with Crippen LogP contribution < -0.4 is 0 Å². The van der Waals surface area contributed by atoms with Gasteiger partial charge in [-0.1, -0.05) is 36.4 Å². The van der Waals surface area contributed by atoms with E-state index in [1.165, 1.54) is 5.56 Å². The molecule has 0 saturated carbocycles. The molecule has 0 amide bonds. The third-order valence-electron chi connectivity index (χ3n) is 3.31. The lowest BCUT2D eigenvalue weighted by atomic mass is 10.1. The van der Waals surface area contributed by atoms with Crippen LogP contribution in [0.4, 0.5) is 0 Å². The van der Waals surface area contributed by atoms with Gasteiger partial charge in [0, 0.05) is 6.42 Å². The number of fused-ring (bicyclic) bond motifs is 1. The fourth-order valence-electron chi connectivity index (χ4n) is 2.28. The van der Waals surface area contributed by atoms with Crippen molar-refractivity contribution in [3.63, 3.8) is 0 Å². The highest BCUT2D eigenvalue weighted by Crippen LogP contribution is 2.22. The Hall–Kier alpha value is -2.53. The number of aromatic nitrogens is 4. The van der Waals surface area contributed by atoms with Gasteiger partial charge < -0.3 is 0 Å². The summed E-state index contributed by atoms with van der Waals surface area (Å²) in [6.45, 7) is 0. The lowest BCUT2D eigenvalue weighted by molar-refractivity contribution is 0.842. The predicted molar refractivity (Wildman–Crippen MR) is 83.3 cm³/mol. The standard InChI is InChI=1S/C16H12N4S/c1-2-5-12(6-3-1)11-16-18-17-15-9-8-13(19-20(15)16)14-7-4-10-21-14/h1-10H,11H2. The summed E-state index contributed by atoms with van der Waals surface area (Å²) >= 11 is 1.68. The van der Waals surface area contributed by atoms with Crippen LogP contribution in [0.15, 0.2) is 60.0 Å². The Balaban J connectivity index is 1.78. The Morgan fingerprint density at radius 2 is 1.81 bits per heavy atom. The van der Waals surface area contributed by atoms with Crippen molar-refractivity contribution >= 4 is 17.0 Å². The van der Waals surface area contributed by atoms with Crippen molar-refractivity contribution in [2.45, 2.75) is 6.42 Å². The van der Waals surface area contributed by atoms with Crippen molar-refractivity contribution in [3.05, 3.63) is 71.4 Å². The first-order chi connectivity index (χ1) is 10.4. The van der Waals surface area contributed by atoms with Gasteiger partial charge >= 0.3 is 0 Å². The predicted octanol–water partition coefficient (Wildman–Crippen LogP) is 3.44. The van der Waals surface area contributed by atoms with Crippen LogP contribution in [0.5, 0.6) is 0 Å². The summed E-state index contributed by atoms with van der Waals surface area (Å²) in [4.78, 5) is 1.15. The van der Waals surface area contributed by atoms with Gasteiger partial charge in [0.05, 0.1) is 4.88 Å². The Labute approximate surface area is 125 Å². The molecule has 0 aliphatic carbocycles. The maximum Gasteiger partial charge on any atom is 0.177 e. The van der Waals surface area contributed by atoms with Crippen LogP contribution in [0.1, 0.15) is 11.4 Å². The molecular formula is C16H12N4S. The summed E-state index contributed by atoms with van der Waals surface area (Å²) in [5, 5.41) is 15.2. The molecule has 3 aromatic heterocycles. The summed E-state index contributed by atoms with van der Waals surface area (Å²) < 4.78 is 1.84. The minimum absolute atomic E-state index is 0.725. The van der Waals surface area contributed by atoms with Crippen LogP contribution >= 0.6 is 11.3 Å². The average Bonchev–Trinajstić information content (AvgIpc) is 3.18. The van der Waals surface area contributed by atoms with Crippen LogP contribution in [-0.4, -0.2) is 19.8 Å². The number of benzene rings is 1. The SMILES string of the molecule is c1ccc(Cc2nnc3ccc(-c4cccs4)nn23)cc1. The zero-order chi connectivity index (χ0) is 14.1. The van der Waals surface area contributed by atoms with Gasteiger partial charge in [-0.3, -0.25) is 0 Å². The van der Waals surface area contributed by atoms with Gasteiger partial charge in [-0.15, -0.1) is 21.5 Å². The average molecular weight is 292 g/mol. The molecule has 0 spiro atoms. The molecule has 21 heavy (non-hydrogen) atoms. The highest BCUT2D eigenvalue weighted by molar-refractivity contribution is 7.13. The molecule has 4 aromatic rings. The molecular weight excluding hydrogens is 280 g/mol. The molecule has 0 unspecified atom stereocenters. The van der Waals surface area contributed by atoms with Crippen molar-refractivity contribution in [1.29, 1.82) is 0 Å². The van der Waals surface area contributed by atoms with E-state index in [2.05, 4.69) is 38.9 Å². The second kappa shape index (κ2) is 5.10. The lowest BCUT2D eigenvalue weighted by Gasteiger charge is -2.01. The molecule has 102 valence electrons. The summed E-state index contributed by atoms with van der Waals surface area (Å²) in [5.41, 5.74) is 2.93. The second-order valence-electron chi connectivity index (χ2n) is 4.74.